The van der Waals surface area contributed by atoms with Gasteiger partial charge in [-0.15, -0.1) is 12.4 Å². The first-order chi connectivity index (χ1) is 8.45. The van der Waals surface area contributed by atoms with Crippen molar-refractivity contribution in [1.82, 2.24) is 4.90 Å². The normalized spacial score (nSPS) is 10.8. The highest BCUT2D eigenvalue weighted by atomic mass is 35.5. The highest BCUT2D eigenvalue weighted by Crippen LogP contribution is 2.21. The molecule has 19 heavy (non-hydrogen) atoms. The molecule has 0 fully saturated rings. The van der Waals surface area contributed by atoms with E-state index in [2.05, 4.69) is 4.99 Å². The highest BCUT2D eigenvalue weighted by molar-refractivity contribution is 6.35. The van der Waals surface area contributed by atoms with Crippen LogP contribution < -0.4 is 11.5 Å². The maximum Gasteiger partial charge on any atom is 0.198 e. The van der Waals surface area contributed by atoms with Crippen LogP contribution in [-0.4, -0.2) is 23.4 Å². The van der Waals surface area contributed by atoms with Gasteiger partial charge in [0, 0.05) is 16.6 Å². The van der Waals surface area contributed by atoms with Gasteiger partial charge in [-0.25, -0.2) is 4.99 Å². The van der Waals surface area contributed by atoms with E-state index < -0.39 is 0 Å². The van der Waals surface area contributed by atoms with Gasteiger partial charge in [0.2, 0.25) is 0 Å². The predicted molar refractivity (Wildman–Crippen MR) is 83.3 cm³/mol. The van der Waals surface area contributed by atoms with Crippen LogP contribution in [0.15, 0.2) is 23.2 Å². The lowest BCUT2D eigenvalue weighted by atomic mass is 10.2. The molecular weight excluding hydrogens is 309 g/mol. The number of aliphatic imine (C=N–C) groups is 1. The topological polar surface area (TPSA) is 91.5 Å². The number of hydrogen-bond acceptors (Lipinski definition) is 2. The summed E-state index contributed by atoms with van der Waals surface area (Å²) in [4.78, 5) is 5.54. The van der Waals surface area contributed by atoms with Crippen LogP contribution >= 0.6 is 35.6 Å². The molecular formula is C11H16Cl3N5. The van der Waals surface area contributed by atoms with Crippen LogP contribution in [0, 0.1) is 5.41 Å². The second-order valence-corrected chi connectivity index (χ2v) is 4.38. The number of nitrogens with one attached hydrogen (secondary N) is 1. The molecule has 0 amide bonds. The molecule has 0 heterocycles. The Kier molecular flexibility index (Phi) is 7.59. The standard InChI is InChI=1S/C11H15Cl2N5.ClH/c1-2-18(10(14)15)11(16)17-6-7-3-4-8(12)5-9(7)13;/h3-5H,2,6H2,1H3,(H3,14,15)(H2,16,17);1H. The lowest BCUT2D eigenvalue weighted by molar-refractivity contribution is 0.618. The zero-order valence-corrected chi connectivity index (χ0v) is 12.7. The average molecular weight is 325 g/mol. The zero-order chi connectivity index (χ0) is 13.7. The summed E-state index contributed by atoms with van der Waals surface area (Å²) in [6, 6.07) is 5.16. The molecule has 0 aliphatic heterocycles. The van der Waals surface area contributed by atoms with Gasteiger partial charge in [0.1, 0.15) is 0 Å². The second kappa shape index (κ2) is 8.09. The molecule has 0 saturated heterocycles. The van der Waals surface area contributed by atoms with Crippen molar-refractivity contribution in [1.29, 1.82) is 5.41 Å². The van der Waals surface area contributed by atoms with E-state index in [4.69, 9.17) is 40.1 Å². The van der Waals surface area contributed by atoms with E-state index in [1.807, 2.05) is 6.92 Å². The van der Waals surface area contributed by atoms with Crippen LogP contribution in [0.4, 0.5) is 0 Å². The molecule has 0 unspecified atom stereocenters. The molecule has 1 rings (SSSR count). The Morgan fingerprint density at radius 1 is 1.37 bits per heavy atom. The Bertz CT molecular complexity index is 475. The molecule has 0 spiro atoms. The minimum Gasteiger partial charge on any atom is -0.370 e. The van der Waals surface area contributed by atoms with Crippen LogP contribution in [0.5, 0.6) is 0 Å². The molecule has 0 aromatic heterocycles. The summed E-state index contributed by atoms with van der Waals surface area (Å²) in [6.07, 6.45) is 0. The Morgan fingerprint density at radius 2 is 2.00 bits per heavy atom. The van der Waals surface area contributed by atoms with Gasteiger partial charge in [0.15, 0.2) is 11.9 Å². The fraction of sp³-hybridized carbons (Fsp3) is 0.273. The van der Waals surface area contributed by atoms with Crippen LogP contribution in [-0.2, 0) is 6.54 Å². The summed E-state index contributed by atoms with van der Waals surface area (Å²) in [5.41, 5.74) is 11.9. The van der Waals surface area contributed by atoms with Gasteiger partial charge in [0.25, 0.3) is 0 Å². The molecule has 106 valence electrons. The Morgan fingerprint density at radius 3 is 2.47 bits per heavy atom. The number of guanidine groups is 2. The first-order valence-electron chi connectivity index (χ1n) is 5.31. The largest absolute Gasteiger partial charge is 0.370 e. The quantitative estimate of drug-likeness (QED) is 0.589. The van der Waals surface area contributed by atoms with Crippen molar-refractivity contribution in [3.63, 3.8) is 0 Å². The summed E-state index contributed by atoms with van der Waals surface area (Å²) < 4.78 is 0. The Hall–Kier alpha value is -1.17. The smallest absolute Gasteiger partial charge is 0.198 e. The van der Waals surface area contributed by atoms with Crippen LogP contribution in [0.2, 0.25) is 10.0 Å². The maximum absolute atomic E-state index is 7.33. The molecule has 1 aromatic carbocycles. The average Bonchev–Trinajstić information content (AvgIpc) is 2.28. The maximum atomic E-state index is 7.33. The van der Waals surface area contributed by atoms with Gasteiger partial charge < -0.3 is 11.5 Å². The number of rotatable bonds is 3. The third kappa shape index (κ3) is 5.14. The molecule has 5 N–H and O–H groups in total. The number of benzene rings is 1. The number of nitrogens with two attached hydrogens (primary N) is 2. The number of nitrogens with zero attached hydrogens (tertiary/aromatic N) is 2. The molecule has 0 saturated carbocycles. The molecule has 0 bridgehead atoms. The molecule has 0 atom stereocenters. The zero-order valence-electron chi connectivity index (χ0n) is 10.4. The van der Waals surface area contributed by atoms with Crippen molar-refractivity contribution in [3.05, 3.63) is 33.8 Å². The fourth-order valence-corrected chi connectivity index (χ4v) is 1.83. The summed E-state index contributed by atoms with van der Waals surface area (Å²) in [5, 5.41) is 8.44. The van der Waals surface area contributed by atoms with Gasteiger partial charge in [-0.1, -0.05) is 29.3 Å². The van der Waals surface area contributed by atoms with Gasteiger partial charge in [0.05, 0.1) is 6.54 Å². The molecule has 8 heteroatoms. The van der Waals surface area contributed by atoms with Crippen molar-refractivity contribution in [2.24, 2.45) is 16.5 Å². The Labute approximate surface area is 128 Å². The summed E-state index contributed by atoms with van der Waals surface area (Å²) in [7, 11) is 0. The van der Waals surface area contributed by atoms with Gasteiger partial charge in [-0.3, -0.25) is 10.3 Å². The number of hydrogen-bond donors (Lipinski definition) is 3. The van der Waals surface area contributed by atoms with E-state index in [0.717, 1.165) is 5.56 Å². The van der Waals surface area contributed by atoms with Crippen molar-refractivity contribution in [2.75, 3.05) is 6.54 Å². The monoisotopic (exact) mass is 323 g/mol. The molecule has 5 nitrogen and oxygen atoms in total. The van der Waals surface area contributed by atoms with Crippen LogP contribution in [0.3, 0.4) is 0 Å². The van der Waals surface area contributed by atoms with Gasteiger partial charge >= 0.3 is 0 Å². The van der Waals surface area contributed by atoms with Crippen LogP contribution in [0.25, 0.3) is 0 Å². The minimum absolute atomic E-state index is 0. The third-order valence-electron chi connectivity index (χ3n) is 2.31. The van der Waals surface area contributed by atoms with E-state index in [1.54, 1.807) is 18.2 Å². The first-order valence-corrected chi connectivity index (χ1v) is 6.06. The minimum atomic E-state index is -0.138. The Balaban J connectivity index is 0.00000324. The van der Waals surface area contributed by atoms with Gasteiger partial charge in [-0.2, -0.15) is 0 Å². The summed E-state index contributed by atoms with van der Waals surface area (Å²) >= 11 is 11.8. The van der Waals surface area contributed by atoms with E-state index in [-0.39, 0.29) is 24.3 Å². The van der Waals surface area contributed by atoms with Gasteiger partial charge in [-0.05, 0) is 24.6 Å². The second-order valence-electron chi connectivity index (χ2n) is 3.54. The summed E-state index contributed by atoms with van der Waals surface area (Å²) in [5.74, 6) is 0.0527. The summed E-state index contributed by atoms with van der Waals surface area (Å²) in [6.45, 7) is 2.63. The molecule has 0 aliphatic rings. The molecule has 0 aliphatic carbocycles. The third-order valence-corrected chi connectivity index (χ3v) is 2.90. The lowest BCUT2D eigenvalue weighted by Gasteiger charge is -2.19. The SMILES string of the molecule is CCN(C(=N)N)C(N)=NCc1ccc(Cl)cc1Cl.Cl. The van der Waals surface area contributed by atoms with E-state index in [0.29, 0.717) is 23.1 Å². The molecule has 0 radical (unpaired) electrons. The molecule has 1 aromatic rings. The fourth-order valence-electron chi connectivity index (χ4n) is 1.36. The van der Waals surface area contributed by atoms with Crippen LogP contribution in [0.1, 0.15) is 12.5 Å². The van der Waals surface area contributed by atoms with E-state index in [1.165, 1.54) is 4.90 Å². The van der Waals surface area contributed by atoms with E-state index >= 15 is 0 Å². The van der Waals surface area contributed by atoms with Crippen molar-refractivity contribution in [3.8, 4) is 0 Å². The van der Waals surface area contributed by atoms with Crippen molar-refractivity contribution < 1.29 is 0 Å². The van der Waals surface area contributed by atoms with E-state index in [9.17, 15) is 0 Å². The van der Waals surface area contributed by atoms with Crippen molar-refractivity contribution >= 4 is 47.5 Å². The number of halogens is 3. The van der Waals surface area contributed by atoms with Crippen molar-refractivity contribution in [2.45, 2.75) is 13.5 Å². The highest BCUT2D eigenvalue weighted by Gasteiger charge is 2.08. The lowest BCUT2D eigenvalue weighted by Crippen LogP contribution is -2.45. The predicted octanol–water partition coefficient (Wildman–Crippen LogP) is 2.45. The first kappa shape index (κ1) is 17.8.